The lowest BCUT2D eigenvalue weighted by molar-refractivity contribution is 0.102. The molecule has 0 heterocycles. The number of carbonyl (C=O) groups excluding carboxylic acids is 1. The zero-order valence-electron chi connectivity index (χ0n) is 14.2. The van der Waals surface area contributed by atoms with Crippen LogP contribution in [0.25, 0.3) is 0 Å². The molecule has 2 aromatic rings. The Morgan fingerprint density at radius 1 is 1.16 bits per heavy atom. The Morgan fingerprint density at radius 2 is 1.80 bits per heavy atom. The van der Waals surface area contributed by atoms with Crippen molar-refractivity contribution in [3.05, 3.63) is 57.3 Å². The summed E-state index contributed by atoms with van der Waals surface area (Å²) in [5, 5.41) is 2.67. The summed E-state index contributed by atoms with van der Waals surface area (Å²) in [6, 6.07) is 6.75. The third-order valence-electron chi connectivity index (χ3n) is 3.84. The molecular formula is C17H18BrFN2O3S. The number of amides is 1. The number of benzene rings is 2. The zero-order chi connectivity index (χ0) is 18.9. The summed E-state index contributed by atoms with van der Waals surface area (Å²) in [5.41, 5.74) is 1.94. The Kier molecular flexibility index (Phi) is 5.65. The average Bonchev–Trinajstić information content (AvgIpc) is 2.53. The average molecular weight is 429 g/mol. The van der Waals surface area contributed by atoms with Crippen LogP contribution >= 0.6 is 15.9 Å². The molecule has 1 amide bonds. The summed E-state index contributed by atoms with van der Waals surface area (Å²) < 4.78 is 39.7. The van der Waals surface area contributed by atoms with Gasteiger partial charge >= 0.3 is 0 Å². The van der Waals surface area contributed by atoms with Crippen LogP contribution in [0.3, 0.4) is 0 Å². The van der Waals surface area contributed by atoms with Gasteiger partial charge in [0.1, 0.15) is 5.82 Å². The van der Waals surface area contributed by atoms with Gasteiger partial charge in [0.2, 0.25) is 10.0 Å². The maximum atomic E-state index is 13.4. The van der Waals surface area contributed by atoms with Crippen molar-refractivity contribution < 1.29 is 17.6 Å². The lowest BCUT2D eigenvalue weighted by atomic mass is 10.1. The number of aryl methyl sites for hydroxylation is 1. The fourth-order valence-electron chi connectivity index (χ4n) is 2.18. The molecule has 25 heavy (non-hydrogen) atoms. The van der Waals surface area contributed by atoms with Crippen LogP contribution in [0.1, 0.15) is 21.5 Å². The van der Waals surface area contributed by atoms with E-state index in [-0.39, 0.29) is 10.5 Å². The molecule has 134 valence electrons. The van der Waals surface area contributed by atoms with E-state index in [1.54, 1.807) is 19.9 Å². The quantitative estimate of drug-likeness (QED) is 0.806. The Balaban J connectivity index is 2.48. The van der Waals surface area contributed by atoms with Crippen LogP contribution in [0, 0.1) is 19.7 Å². The van der Waals surface area contributed by atoms with E-state index in [2.05, 4.69) is 21.2 Å². The van der Waals surface area contributed by atoms with Crippen molar-refractivity contribution in [3.8, 4) is 0 Å². The van der Waals surface area contributed by atoms with Crippen molar-refractivity contribution in [3.63, 3.8) is 0 Å². The van der Waals surface area contributed by atoms with Gasteiger partial charge in [-0.05, 0) is 71.2 Å². The van der Waals surface area contributed by atoms with Crippen LogP contribution in [-0.2, 0) is 10.0 Å². The van der Waals surface area contributed by atoms with E-state index in [1.807, 2.05) is 0 Å². The Morgan fingerprint density at radius 3 is 2.40 bits per heavy atom. The molecule has 2 rings (SSSR count). The summed E-state index contributed by atoms with van der Waals surface area (Å²) in [6.07, 6.45) is 0. The molecule has 0 spiro atoms. The molecule has 8 heteroatoms. The highest BCUT2D eigenvalue weighted by molar-refractivity contribution is 9.10. The minimum Gasteiger partial charge on any atom is -0.322 e. The fourth-order valence-corrected chi connectivity index (χ4v) is 3.62. The van der Waals surface area contributed by atoms with E-state index in [0.717, 1.165) is 21.5 Å². The topological polar surface area (TPSA) is 66.5 Å². The Hall–Kier alpha value is -1.77. The number of hydrogen-bond donors (Lipinski definition) is 1. The van der Waals surface area contributed by atoms with Crippen molar-refractivity contribution in [2.45, 2.75) is 18.7 Å². The molecule has 0 bridgehead atoms. The number of halogens is 2. The monoisotopic (exact) mass is 428 g/mol. The van der Waals surface area contributed by atoms with Crippen molar-refractivity contribution in [1.82, 2.24) is 4.31 Å². The number of carbonyl (C=O) groups is 1. The van der Waals surface area contributed by atoms with Crippen molar-refractivity contribution in [2.24, 2.45) is 0 Å². The van der Waals surface area contributed by atoms with Gasteiger partial charge in [-0.1, -0.05) is 0 Å². The summed E-state index contributed by atoms with van der Waals surface area (Å²) >= 11 is 3.21. The number of hydrogen-bond acceptors (Lipinski definition) is 3. The maximum absolute atomic E-state index is 13.4. The zero-order valence-corrected chi connectivity index (χ0v) is 16.6. The van der Waals surface area contributed by atoms with Gasteiger partial charge < -0.3 is 5.32 Å². The number of rotatable bonds is 4. The molecule has 0 fully saturated rings. The molecular weight excluding hydrogens is 411 g/mol. The van der Waals surface area contributed by atoms with Gasteiger partial charge in [0, 0.05) is 24.3 Å². The molecule has 0 aliphatic heterocycles. The van der Waals surface area contributed by atoms with E-state index in [0.29, 0.717) is 10.2 Å². The van der Waals surface area contributed by atoms with Gasteiger partial charge in [0.15, 0.2) is 0 Å². The minimum absolute atomic E-state index is 0.0780. The van der Waals surface area contributed by atoms with E-state index < -0.39 is 21.7 Å². The third-order valence-corrected chi connectivity index (χ3v) is 6.33. The molecule has 1 N–H and O–H groups in total. The smallest absolute Gasteiger partial charge is 0.256 e. The fraction of sp³-hybridized carbons (Fsp3) is 0.235. The first kappa shape index (κ1) is 19.6. The van der Waals surface area contributed by atoms with Crippen LogP contribution in [0.5, 0.6) is 0 Å². The lowest BCUT2D eigenvalue weighted by Crippen LogP contribution is -2.23. The normalized spacial score (nSPS) is 11.6. The molecule has 0 saturated carbocycles. The second-order valence-corrected chi connectivity index (χ2v) is 8.78. The maximum Gasteiger partial charge on any atom is 0.256 e. The van der Waals surface area contributed by atoms with Gasteiger partial charge in [-0.3, -0.25) is 4.79 Å². The molecule has 0 saturated heterocycles. The summed E-state index contributed by atoms with van der Waals surface area (Å²) in [5.74, 6) is -1.07. The van der Waals surface area contributed by atoms with Crippen LogP contribution in [0.2, 0.25) is 0 Å². The van der Waals surface area contributed by atoms with Crippen molar-refractivity contribution in [1.29, 1.82) is 0 Å². The molecule has 2 aromatic carbocycles. The largest absolute Gasteiger partial charge is 0.322 e. The predicted molar refractivity (Wildman–Crippen MR) is 98.8 cm³/mol. The van der Waals surface area contributed by atoms with Crippen molar-refractivity contribution >= 4 is 37.5 Å². The van der Waals surface area contributed by atoms with E-state index in [4.69, 9.17) is 0 Å². The first-order valence-electron chi connectivity index (χ1n) is 7.34. The second-order valence-electron chi connectivity index (χ2n) is 5.78. The lowest BCUT2D eigenvalue weighted by Gasteiger charge is -2.16. The minimum atomic E-state index is -3.64. The van der Waals surface area contributed by atoms with Crippen LogP contribution in [-0.4, -0.2) is 32.7 Å². The van der Waals surface area contributed by atoms with Gasteiger partial charge in [0.05, 0.1) is 10.5 Å². The van der Waals surface area contributed by atoms with Gasteiger partial charge in [-0.2, -0.15) is 0 Å². The number of anilines is 1. The molecule has 0 atom stereocenters. The molecule has 0 aromatic heterocycles. The first-order valence-corrected chi connectivity index (χ1v) is 9.57. The SMILES string of the molecule is Cc1cc(S(=O)(=O)N(C)C)cc(NC(=O)c2cc(F)ccc2Br)c1C. The highest BCUT2D eigenvalue weighted by Crippen LogP contribution is 2.27. The molecule has 0 aliphatic carbocycles. The van der Waals surface area contributed by atoms with E-state index >= 15 is 0 Å². The van der Waals surface area contributed by atoms with Gasteiger partial charge in [-0.25, -0.2) is 17.1 Å². The molecule has 5 nitrogen and oxygen atoms in total. The summed E-state index contributed by atoms with van der Waals surface area (Å²) in [6.45, 7) is 3.54. The predicted octanol–water partition coefficient (Wildman–Crippen LogP) is 3.71. The second kappa shape index (κ2) is 7.23. The van der Waals surface area contributed by atoms with E-state index in [1.165, 1.54) is 32.3 Å². The Bertz CT molecular complexity index is 943. The molecule has 0 radical (unpaired) electrons. The highest BCUT2D eigenvalue weighted by Gasteiger charge is 2.21. The van der Waals surface area contributed by atoms with Gasteiger partial charge in [0.25, 0.3) is 5.91 Å². The van der Waals surface area contributed by atoms with E-state index in [9.17, 15) is 17.6 Å². The van der Waals surface area contributed by atoms with Crippen molar-refractivity contribution in [2.75, 3.05) is 19.4 Å². The summed E-state index contributed by atoms with van der Waals surface area (Å²) in [7, 11) is -0.767. The van der Waals surface area contributed by atoms with Crippen LogP contribution in [0.4, 0.5) is 10.1 Å². The van der Waals surface area contributed by atoms with Gasteiger partial charge in [-0.15, -0.1) is 0 Å². The first-order chi connectivity index (χ1) is 11.5. The molecule has 0 unspecified atom stereocenters. The standard InChI is InChI=1S/C17H18BrFN2O3S/c1-10-7-13(25(23,24)21(3)4)9-16(11(10)2)20-17(22)14-8-12(19)5-6-15(14)18/h5-9H,1-4H3,(H,20,22). The molecule has 0 aliphatic rings. The number of nitrogens with zero attached hydrogens (tertiary/aromatic N) is 1. The number of nitrogens with one attached hydrogen (secondary N) is 1. The Labute approximate surface area is 155 Å². The number of sulfonamides is 1. The third kappa shape index (κ3) is 4.08. The van der Waals surface area contributed by atoms with Crippen LogP contribution in [0.15, 0.2) is 39.7 Å². The van der Waals surface area contributed by atoms with Crippen LogP contribution < -0.4 is 5.32 Å². The summed E-state index contributed by atoms with van der Waals surface area (Å²) in [4.78, 5) is 12.6. The highest BCUT2D eigenvalue weighted by atomic mass is 79.9.